The number of likely N-dealkylation sites (N-methyl/N-ethyl adjacent to an activating group) is 1. The van der Waals surface area contributed by atoms with Gasteiger partial charge < -0.3 is 0 Å². The minimum absolute atomic E-state index is 0.139. The van der Waals surface area contributed by atoms with Crippen molar-refractivity contribution in [1.82, 2.24) is 4.90 Å². The third-order valence-corrected chi connectivity index (χ3v) is 3.07. The highest BCUT2D eigenvalue weighted by Crippen LogP contribution is 2.13. The summed E-state index contributed by atoms with van der Waals surface area (Å²) in [6, 6.07) is 0.139. The molecule has 2 atom stereocenters. The first-order valence-corrected chi connectivity index (χ1v) is 5.89. The number of nitrogens with zero attached hydrogens (tertiary/aromatic N) is 1. The highest BCUT2D eigenvalue weighted by Gasteiger charge is 2.24. The van der Waals surface area contributed by atoms with Crippen molar-refractivity contribution in [2.24, 2.45) is 5.92 Å². The van der Waals surface area contributed by atoms with Crippen LogP contribution in [0.25, 0.3) is 0 Å². The third kappa shape index (κ3) is 3.41. The number of carbonyl (C=O) groups excluding carboxylic acids is 1. The lowest BCUT2D eigenvalue weighted by Gasteiger charge is -2.29. The monoisotopic (exact) mass is 199 g/mol. The van der Waals surface area contributed by atoms with E-state index in [0.29, 0.717) is 5.78 Å². The lowest BCUT2D eigenvalue weighted by Crippen LogP contribution is -2.42. The molecule has 14 heavy (non-hydrogen) atoms. The average molecular weight is 199 g/mol. The van der Waals surface area contributed by atoms with E-state index in [-0.39, 0.29) is 12.0 Å². The fraction of sp³-hybridized carbons (Fsp3) is 0.917. The van der Waals surface area contributed by atoms with Crippen LogP contribution in [0, 0.1) is 5.92 Å². The molecule has 0 radical (unpaired) electrons. The molecule has 0 aromatic carbocycles. The molecule has 0 rings (SSSR count). The molecule has 84 valence electrons. The summed E-state index contributed by atoms with van der Waals surface area (Å²) in [5.74, 6) is 0.624. The van der Waals surface area contributed by atoms with Crippen molar-refractivity contribution < 1.29 is 4.79 Å². The molecule has 0 aliphatic rings. The Labute approximate surface area is 88.7 Å². The van der Waals surface area contributed by atoms with E-state index in [1.54, 1.807) is 0 Å². The summed E-state index contributed by atoms with van der Waals surface area (Å²) in [4.78, 5) is 14.3. The van der Waals surface area contributed by atoms with Gasteiger partial charge >= 0.3 is 0 Å². The normalized spacial score (nSPS) is 15.6. The quantitative estimate of drug-likeness (QED) is 0.628. The first-order valence-electron chi connectivity index (χ1n) is 5.89. The Morgan fingerprint density at radius 2 is 1.57 bits per heavy atom. The molecule has 0 amide bonds. The van der Waals surface area contributed by atoms with E-state index in [1.165, 1.54) is 0 Å². The summed E-state index contributed by atoms with van der Waals surface area (Å²) in [5.41, 5.74) is 0. The number of rotatable bonds is 7. The highest BCUT2D eigenvalue weighted by atomic mass is 16.1. The van der Waals surface area contributed by atoms with E-state index in [0.717, 1.165) is 25.9 Å². The summed E-state index contributed by atoms with van der Waals surface area (Å²) in [6.07, 6.45) is 1.89. The molecule has 0 aromatic rings. The van der Waals surface area contributed by atoms with Gasteiger partial charge in [0.25, 0.3) is 0 Å². The van der Waals surface area contributed by atoms with Crippen LogP contribution in [0.3, 0.4) is 0 Å². The number of Topliss-reactive ketones (excluding diaryl/α,β-unsaturated/α-hetero) is 1. The smallest absolute Gasteiger partial charge is 0.152 e. The zero-order valence-electron chi connectivity index (χ0n) is 10.3. The second-order valence-corrected chi connectivity index (χ2v) is 3.86. The molecule has 0 aliphatic heterocycles. The maximum absolute atomic E-state index is 12.0. The van der Waals surface area contributed by atoms with E-state index in [1.807, 2.05) is 6.92 Å². The van der Waals surface area contributed by atoms with Crippen molar-refractivity contribution in [1.29, 1.82) is 0 Å². The highest BCUT2D eigenvalue weighted by molar-refractivity contribution is 5.85. The van der Waals surface area contributed by atoms with Crippen LogP contribution in [0.2, 0.25) is 0 Å². The van der Waals surface area contributed by atoms with E-state index < -0.39 is 0 Å². The molecule has 0 aromatic heterocycles. The largest absolute Gasteiger partial charge is 0.298 e. The second-order valence-electron chi connectivity index (χ2n) is 3.86. The van der Waals surface area contributed by atoms with Crippen LogP contribution in [0.15, 0.2) is 0 Å². The van der Waals surface area contributed by atoms with Crippen molar-refractivity contribution in [3.05, 3.63) is 0 Å². The fourth-order valence-corrected chi connectivity index (χ4v) is 1.83. The van der Waals surface area contributed by atoms with Crippen LogP contribution < -0.4 is 0 Å². The zero-order chi connectivity index (χ0) is 11.1. The molecule has 0 saturated carbocycles. The van der Waals surface area contributed by atoms with Crippen molar-refractivity contribution >= 4 is 5.78 Å². The van der Waals surface area contributed by atoms with E-state index >= 15 is 0 Å². The molecule has 0 spiro atoms. The molecule has 2 heteroatoms. The number of ketones is 1. The molecule has 0 bridgehead atoms. The van der Waals surface area contributed by atoms with Crippen molar-refractivity contribution in [2.45, 2.75) is 53.5 Å². The predicted octanol–water partition coefficient (Wildman–Crippen LogP) is 2.72. The number of hydrogen-bond acceptors (Lipinski definition) is 2. The molecule has 2 nitrogen and oxygen atoms in total. The van der Waals surface area contributed by atoms with Gasteiger partial charge in [0.1, 0.15) is 0 Å². The SMILES string of the molecule is CCC(C)C(=O)[C@@H](CC)N(CC)CC. The van der Waals surface area contributed by atoms with Crippen LogP contribution in [0.1, 0.15) is 47.5 Å². The van der Waals surface area contributed by atoms with Gasteiger partial charge in [-0.3, -0.25) is 9.69 Å². The molecule has 0 aliphatic carbocycles. The Balaban J connectivity index is 4.45. The standard InChI is InChI=1S/C12H25NO/c1-6-10(5)12(14)11(7-2)13(8-3)9-4/h10-11H,6-9H2,1-5H3/t10?,11-/m1/s1. The summed E-state index contributed by atoms with van der Waals surface area (Å²) >= 11 is 0. The van der Waals surface area contributed by atoms with Crippen LogP contribution in [-0.4, -0.2) is 29.8 Å². The van der Waals surface area contributed by atoms with Gasteiger partial charge in [0.15, 0.2) is 5.78 Å². The lowest BCUT2D eigenvalue weighted by atomic mass is 9.95. The fourth-order valence-electron chi connectivity index (χ4n) is 1.83. The second kappa shape index (κ2) is 6.99. The zero-order valence-corrected chi connectivity index (χ0v) is 10.3. The van der Waals surface area contributed by atoms with Gasteiger partial charge in [-0.15, -0.1) is 0 Å². The van der Waals surface area contributed by atoms with Crippen molar-refractivity contribution in [3.63, 3.8) is 0 Å². The summed E-state index contributed by atoms with van der Waals surface area (Å²) in [7, 11) is 0. The molecule has 0 fully saturated rings. The van der Waals surface area contributed by atoms with Gasteiger partial charge in [-0.05, 0) is 25.9 Å². The first-order chi connectivity index (χ1) is 6.62. The molecular weight excluding hydrogens is 174 g/mol. The van der Waals surface area contributed by atoms with Crippen LogP contribution in [0.4, 0.5) is 0 Å². The van der Waals surface area contributed by atoms with Gasteiger partial charge in [0.2, 0.25) is 0 Å². The van der Waals surface area contributed by atoms with E-state index in [2.05, 4.69) is 32.6 Å². The number of carbonyl (C=O) groups is 1. The summed E-state index contributed by atoms with van der Waals surface area (Å²) in [5, 5.41) is 0. The molecule has 0 N–H and O–H groups in total. The van der Waals surface area contributed by atoms with Gasteiger partial charge in [-0.2, -0.15) is 0 Å². The van der Waals surface area contributed by atoms with E-state index in [4.69, 9.17) is 0 Å². The Bertz CT molecular complexity index is 164. The summed E-state index contributed by atoms with van der Waals surface area (Å²) in [6.45, 7) is 12.4. The summed E-state index contributed by atoms with van der Waals surface area (Å²) < 4.78 is 0. The Hall–Kier alpha value is -0.370. The predicted molar refractivity (Wildman–Crippen MR) is 61.5 cm³/mol. The minimum Gasteiger partial charge on any atom is -0.298 e. The molecule has 0 heterocycles. The third-order valence-electron chi connectivity index (χ3n) is 3.07. The molecule has 1 unspecified atom stereocenters. The van der Waals surface area contributed by atoms with Crippen molar-refractivity contribution in [2.75, 3.05) is 13.1 Å². The molecular formula is C12H25NO. The Morgan fingerprint density at radius 1 is 1.07 bits per heavy atom. The Kier molecular flexibility index (Phi) is 6.81. The van der Waals surface area contributed by atoms with Gasteiger partial charge in [0.05, 0.1) is 6.04 Å². The lowest BCUT2D eigenvalue weighted by molar-refractivity contribution is -0.127. The number of hydrogen-bond donors (Lipinski definition) is 0. The Morgan fingerprint density at radius 3 is 1.86 bits per heavy atom. The van der Waals surface area contributed by atoms with Gasteiger partial charge in [0, 0.05) is 5.92 Å². The van der Waals surface area contributed by atoms with Gasteiger partial charge in [-0.1, -0.05) is 34.6 Å². The maximum atomic E-state index is 12.0. The average Bonchev–Trinajstić information content (AvgIpc) is 2.23. The molecule has 0 saturated heterocycles. The van der Waals surface area contributed by atoms with Crippen molar-refractivity contribution in [3.8, 4) is 0 Å². The van der Waals surface area contributed by atoms with Crippen LogP contribution in [0.5, 0.6) is 0 Å². The van der Waals surface area contributed by atoms with Crippen LogP contribution in [-0.2, 0) is 4.79 Å². The first kappa shape index (κ1) is 13.6. The maximum Gasteiger partial charge on any atom is 0.152 e. The van der Waals surface area contributed by atoms with E-state index in [9.17, 15) is 4.79 Å². The minimum atomic E-state index is 0.139. The van der Waals surface area contributed by atoms with Gasteiger partial charge in [-0.25, -0.2) is 0 Å². The van der Waals surface area contributed by atoms with Crippen LogP contribution >= 0.6 is 0 Å². The topological polar surface area (TPSA) is 20.3 Å².